The minimum Gasteiger partial charge on any atom is -0.457 e. The van der Waals surface area contributed by atoms with Crippen LogP contribution in [0.2, 0.25) is 0 Å². The Morgan fingerprint density at radius 1 is 0.714 bits per heavy atom. The molecule has 35 heavy (non-hydrogen) atoms. The van der Waals surface area contributed by atoms with Crippen molar-refractivity contribution in [1.29, 1.82) is 0 Å². The molecule has 0 bridgehead atoms. The first-order valence-corrected chi connectivity index (χ1v) is 12.1. The lowest BCUT2D eigenvalue weighted by molar-refractivity contribution is -0.141. The van der Waals surface area contributed by atoms with Gasteiger partial charge in [0.2, 0.25) is 0 Å². The molecule has 5 nitrogen and oxygen atoms in total. The number of rotatable bonds is 7. The minimum atomic E-state index is -0.629. The predicted molar refractivity (Wildman–Crippen MR) is 138 cm³/mol. The highest BCUT2D eigenvalue weighted by Crippen LogP contribution is 2.39. The molecule has 0 amide bonds. The lowest BCUT2D eigenvalue weighted by atomic mass is 9.80. The largest absolute Gasteiger partial charge is 0.457 e. The molecule has 3 aromatic carbocycles. The number of allylic oxidation sites excluding steroid dienone is 2. The normalized spacial score (nSPS) is 13.9. The zero-order valence-corrected chi connectivity index (χ0v) is 21.2. The van der Waals surface area contributed by atoms with Crippen LogP contribution in [-0.4, -0.2) is 11.9 Å². The first-order chi connectivity index (χ1) is 16.9. The zero-order valence-electron chi connectivity index (χ0n) is 19.6. The summed E-state index contributed by atoms with van der Waals surface area (Å²) in [5.74, 6) is -1.59. The third-order valence-corrected chi connectivity index (χ3v) is 6.36. The Balaban J connectivity index is 1.65. The summed E-state index contributed by atoms with van der Waals surface area (Å²) in [5.41, 5.74) is 4.64. The summed E-state index contributed by atoms with van der Waals surface area (Å²) >= 11 is 3.46. The van der Waals surface area contributed by atoms with Crippen LogP contribution in [0.15, 0.2) is 112 Å². The van der Waals surface area contributed by atoms with E-state index < -0.39 is 17.9 Å². The molecule has 6 heteroatoms. The van der Waals surface area contributed by atoms with Crippen molar-refractivity contribution in [2.45, 2.75) is 33.0 Å². The molecule has 1 aliphatic heterocycles. The molecule has 0 atom stereocenters. The highest BCUT2D eigenvalue weighted by Gasteiger charge is 2.38. The van der Waals surface area contributed by atoms with E-state index in [0.29, 0.717) is 22.5 Å². The van der Waals surface area contributed by atoms with Gasteiger partial charge in [0.25, 0.3) is 0 Å². The van der Waals surface area contributed by atoms with Crippen molar-refractivity contribution in [2.75, 3.05) is 0 Å². The smallest absolute Gasteiger partial charge is 0.337 e. The molecular weight excluding hydrogens is 506 g/mol. The Morgan fingerprint density at radius 2 is 1.14 bits per heavy atom. The number of ether oxygens (including phenoxy) is 2. The molecule has 178 valence electrons. The highest BCUT2D eigenvalue weighted by molar-refractivity contribution is 9.10. The topological polar surface area (TPSA) is 64.6 Å². The number of hydrogen-bond acceptors (Lipinski definition) is 5. The van der Waals surface area contributed by atoms with Crippen molar-refractivity contribution < 1.29 is 19.1 Å². The van der Waals surface area contributed by atoms with Gasteiger partial charge in [0.05, 0.1) is 17.1 Å². The number of benzene rings is 3. The summed E-state index contributed by atoms with van der Waals surface area (Å²) in [6.07, 6.45) is 0. The van der Waals surface area contributed by atoms with Crippen LogP contribution >= 0.6 is 15.9 Å². The van der Waals surface area contributed by atoms with Crippen LogP contribution in [0, 0.1) is 0 Å². The van der Waals surface area contributed by atoms with Crippen LogP contribution in [0.4, 0.5) is 0 Å². The van der Waals surface area contributed by atoms with Crippen molar-refractivity contribution in [2.24, 2.45) is 0 Å². The molecule has 1 aliphatic rings. The summed E-state index contributed by atoms with van der Waals surface area (Å²) in [4.78, 5) is 26.8. The summed E-state index contributed by atoms with van der Waals surface area (Å²) in [7, 11) is 0. The molecule has 1 heterocycles. The Morgan fingerprint density at radius 3 is 1.57 bits per heavy atom. The lowest BCUT2D eigenvalue weighted by Crippen LogP contribution is -2.32. The molecule has 4 rings (SSSR count). The summed E-state index contributed by atoms with van der Waals surface area (Å²) < 4.78 is 12.3. The second-order valence-corrected chi connectivity index (χ2v) is 9.23. The highest BCUT2D eigenvalue weighted by atomic mass is 79.9. The van der Waals surface area contributed by atoms with E-state index in [-0.39, 0.29) is 13.2 Å². The standard InChI is InChI=1S/C29H26BrNO4/c1-19-25(28(32)34-17-21-9-5-3-6-10-21)27(23-13-15-24(30)16-14-23)26(20(2)31-19)29(33)35-18-22-11-7-4-8-12-22/h3-16,27,31H,17-18H2,1-2H3. The Bertz CT molecular complexity index is 1190. The van der Waals surface area contributed by atoms with Crippen LogP contribution in [0.25, 0.3) is 0 Å². The molecule has 0 saturated heterocycles. The van der Waals surface area contributed by atoms with E-state index in [0.717, 1.165) is 21.2 Å². The van der Waals surface area contributed by atoms with Crippen molar-refractivity contribution in [3.8, 4) is 0 Å². The number of halogens is 1. The molecular formula is C29H26BrNO4. The van der Waals surface area contributed by atoms with Crippen LogP contribution < -0.4 is 5.32 Å². The Hall–Kier alpha value is -3.64. The van der Waals surface area contributed by atoms with E-state index >= 15 is 0 Å². The number of carbonyl (C=O) groups excluding carboxylic acids is 2. The number of dihydropyridines is 1. The second-order valence-electron chi connectivity index (χ2n) is 8.31. The summed E-state index contributed by atoms with van der Waals surface area (Å²) in [6, 6.07) is 26.6. The Kier molecular flexibility index (Phi) is 7.83. The van der Waals surface area contributed by atoms with Crippen molar-refractivity contribution in [1.82, 2.24) is 5.32 Å². The van der Waals surface area contributed by atoms with Gasteiger partial charge < -0.3 is 14.8 Å². The van der Waals surface area contributed by atoms with Gasteiger partial charge in [0.15, 0.2) is 0 Å². The fourth-order valence-electron chi connectivity index (χ4n) is 4.13. The van der Waals surface area contributed by atoms with Crippen LogP contribution in [0.5, 0.6) is 0 Å². The van der Waals surface area contributed by atoms with Crippen LogP contribution in [-0.2, 0) is 32.3 Å². The molecule has 1 N–H and O–H groups in total. The number of nitrogens with one attached hydrogen (secondary N) is 1. The van der Waals surface area contributed by atoms with Gasteiger partial charge in [-0.05, 0) is 42.7 Å². The molecule has 0 aliphatic carbocycles. The van der Waals surface area contributed by atoms with E-state index in [4.69, 9.17) is 9.47 Å². The molecule has 0 spiro atoms. The lowest BCUT2D eigenvalue weighted by Gasteiger charge is -2.30. The van der Waals surface area contributed by atoms with Gasteiger partial charge in [-0.15, -0.1) is 0 Å². The first kappa shape index (κ1) is 24.5. The SMILES string of the molecule is CC1=C(C(=O)OCc2ccccc2)C(c2ccc(Br)cc2)C(C(=O)OCc2ccccc2)=C(C)N1. The average Bonchev–Trinajstić information content (AvgIpc) is 2.87. The molecule has 3 aromatic rings. The molecule has 0 unspecified atom stereocenters. The molecule has 0 aromatic heterocycles. The molecule has 0 fully saturated rings. The maximum atomic E-state index is 13.4. The Labute approximate surface area is 213 Å². The third-order valence-electron chi connectivity index (χ3n) is 5.83. The summed E-state index contributed by atoms with van der Waals surface area (Å²) in [6.45, 7) is 3.92. The van der Waals surface area contributed by atoms with E-state index in [1.165, 1.54) is 0 Å². The first-order valence-electron chi connectivity index (χ1n) is 11.3. The maximum Gasteiger partial charge on any atom is 0.337 e. The minimum absolute atomic E-state index is 0.139. The molecule has 0 radical (unpaired) electrons. The van der Waals surface area contributed by atoms with E-state index in [1.54, 1.807) is 0 Å². The number of carbonyl (C=O) groups is 2. The van der Waals surface area contributed by atoms with Gasteiger partial charge in [-0.2, -0.15) is 0 Å². The predicted octanol–water partition coefficient (Wildman–Crippen LogP) is 6.17. The van der Waals surface area contributed by atoms with E-state index in [9.17, 15) is 9.59 Å². The monoisotopic (exact) mass is 531 g/mol. The van der Waals surface area contributed by atoms with Gasteiger partial charge in [-0.25, -0.2) is 9.59 Å². The van der Waals surface area contributed by atoms with Gasteiger partial charge in [0, 0.05) is 15.9 Å². The fourth-order valence-corrected chi connectivity index (χ4v) is 4.39. The number of esters is 2. The molecule has 0 saturated carbocycles. The van der Waals surface area contributed by atoms with Crippen LogP contribution in [0.3, 0.4) is 0 Å². The van der Waals surface area contributed by atoms with Crippen molar-refractivity contribution in [3.05, 3.63) is 129 Å². The zero-order chi connectivity index (χ0) is 24.8. The van der Waals surface area contributed by atoms with Crippen molar-refractivity contribution in [3.63, 3.8) is 0 Å². The van der Waals surface area contributed by atoms with Gasteiger partial charge in [0.1, 0.15) is 13.2 Å². The van der Waals surface area contributed by atoms with Gasteiger partial charge in [-0.3, -0.25) is 0 Å². The van der Waals surface area contributed by atoms with Crippen molar-refractivity contribution >= 4 is 27.9 Å². The quantitative estimate of drug-likeness (QED) is 0.369. The van der Waals surface area contributed by atoms with E-state index in [1.807, 2.05) is 98.8 Å². The van der Waals surface area contributed by atoms with Crippen LogP contribution in [0.1, 0.15) is 36.5 Å². The second kappa shape index (κ2) is 11.2. The van der Waals surface area contributed by atoms with Gasteiger partial charge >= 0.3 is 11.9 Å². The van der Waals surface area contributed by atoms with Gasteiger partial charge in [-0.1, -0.05) is 88.7 Å². The maximum absolute atomic E-state index is 13.4. The number of hydrogen-bond donors (Lipinski definition) is 1. The van der Waals surface area contributed by atoms with E-state index in [2.05, 4.69) is 21.2 Å². The average molecular weight is 532 g/mol. The third kappa shape index (κ3) is 5.89. The summed E-state index contributed by atoms with van der Waals surface area (Å²) in [5, 5.41) is 3.20. The fraction of sp³-hybridized carbons (Fsp3) is 0.172.